The van der Waals surface area contributed by atoms with Gasteiger partial charge in [0.1, 0.15) is 11.8 Å². The van der Waals surface area contributed by atoms with Crippen LogP contribution in [0.4, 0.5) is 5.82 Å². The van der Waals surface area contributed by atoms with E-state index in [0.717, 1.165) is 25.1 Å². The monoisotopic (exact) mass is 330 g/mol. The summed E-state index contributed by atoms with van der Waals surface area (Å²) in [6.45, 7) is 5.04. The van der Waals surface area contributed by atoms with Crippen molar-refractivity contribution in [3.8, 4) is 5.88 Å². The highest BCUT2D eigenvalue weighted by Gasteiger charge is 2.32. The van der Waals surface area contributed by atoms with Crippen LogP contribution >= 0.6 is 0 Å². The molecule has 1 N–H and O–H groups in total. The Kier molecular flexibility index (Phi) is 4.98. The minimum absolute atomic E-state index is 0.0270. The van der Waals surface area contributed by atoms with E-state index in [9.17, 15) is 4.79 Å². The lowest BCUT2D eigenvalue weighted by Gasteiger charge is -2.24. The minimum Gasteiger partial charge on any atom is -0.474 e. The number of hydrogen-bond donors (Lipinski definition) is 1. The van der Waals surface area contributed by atoms with Crippen LogP contribution in [0, 0.1) is 0 Å². The van der Waals surface area contributed by atoms with Crippen molar-refractivity contribution in [1.82, 2.24) is 15.3 Å². The Hall–Kier alpha value is -2.57. The van der Waals surface area contributed by atoms with Gasteiger partial charge in [0.15, 0.2) is 5.82 Å². The number of amides is 1. The zero-order valence-electron chi connectivity index (χ0n) is 13.9. The Morgan fingerprint density at radius 1 is 1.50 bits per heavy atom. The standard InChI is InChI=1S/C17H22N4O3/c1-12(2)24-16-11-18-10-15(20-16)21-7-3-6-14(21)17(22)19-9-13-5-4-8-23-13/h4-5,8,10-12,14H,3,6-7,9H2,1-2H3,(H,19,22). The number of furan rings is 1. The number of ether oxygens (including phenoxy) is 1. The molecule has 1 aliphatic rings. The Labute approximate surface area is 141 Å². The average molecular weight is 330 g/mol. The second-order valence-electron chi connectivity index (χ2n) is 6.03. The topological polar surface area (TPSA) is 80.5 Å². The summed E-state index contributed by atoms with van der Waals surface area (Å²) in [6, 6.07) is 3.40. The molecule has 0 spiro atoms. The molecule has 1 atom stereocenters. The quantitative estimate of drug-likeness (QED) is 0.874. The zero-order valence-corrected chi connectivity index (χ0v) is 13.9. The maximum atomic E-state index is 12.5. The van der Waals surface area contributed by atoms with Gasteiger partial charge in [0, 0.05) is 6.54 Å². The van der Waals surface area contributed by atoms with E-state index in [1.165, 1.54) is 0 Å². The van der Waals surface area contributed by atoms with E-state index in [-0.39, 0.29) is 18.1 Å². The molecule has 1 fully saturated rings. The van der Waals surface area contributed by atoms with Crippen LogP contribution in [0.2, 0.25) is 0 Å². The number of hydrogen-bond acceptors (Lipinski definition) is 6. The zero-order chi connectivity index (χ0) is 16.9. The normalized spacial score (nSPS) is 17.3. The number of nitrogens with zero attached hydrogens (tertiary/aromatic N) is 3. The summed E-state index contributed by atoms with van der Waals surface area (Å²) in [5, 5.41) is 2.92. The molecule has 1 amide bonds. The summed E-state index contributed by atoms with van der Waals surface area (Å²) >= 11 is 0. The van der Waals surface area contributed by atoms with Crippen molar-refractivity contribution in [2.24, 2.45) is 0 Å². The molecule has 1 aliphatic heterocycles. The minimum atomic E-state index is -0.247. The van der Waals surface area contributed by atoms with Crippen LogP contribution in [0.1, 0.15) is 32.4 Å². The lowest BCUT2D eigenvalue weighted by atomic mass is 10.2. The third kappa shape index (κ3) is 3.84. The van der Waals surface area contributed by atoms with E-state index >= 15 is 0 Å². The Morgan fingerprint density at radius 3 is 3.12 bits per heavy atom. The second kappa shape index (κ2) is 7.33. The van der Waals surface area contributed by atoms with Crippen molar-refractivity contribution in [2.45, 2.75) is 45.4 Å². The molecule has 2 aromatic heterocycles. The van der Waals surface area contributed by atoms with E-state index in [1.54, 1.807) is 24.7 Å². The van der Waals surface area contributed by atoms with Crippen LogP contribution in [0.25, 0.3) is 0 Å². The van der Waals surface area contributed by atoms with Crippen molar-refractivity contribution < 1.29 is 13.9 Å². The fourth-order valence-electron chi connectivity index (χ4n) is 2.79. The van der Waals surface area contributed by atoms with Crippen molar-refractivity contribution >= 4 is 11.7 Å². The molecular formula is C17H22N4O3. The first-order chi connectivity index (χ1) is 11.6. The van der Waals surface area contributed by atoms with E-state index < -0.39 is 0 Å². The molecule has 0 aromatic carbocycles. The molecule has 3 heterocycles. The van der Waals surface area contributed by atoms with Crippen LogP contribution < -0.4 is 15.0 Å². The molecule has 2 aromatic rings. The lowest BCUT2D eigenvalue weighted by molar-refractivity contribution is -0.122. The number of anilines is 1. The van der Waals surface area contributed by atoms with Crippen LogP contribution in [0.5, 0.6) is 5.88 Å². The molecule has 1 unspecified atom stereocenters. The number of rotatable bonds is 6. The first-order valence-electron chi connectivity index (χ1n) is 8.19. The van der Waals surface area contributed by atoms with Crippen LogP contribution in [0.15, 0.2) is 35.2 Å². The third-order valence-corrected chi connectivity index (χ3v) is 3.82. The van der Waals surface area contributed by atoms with Crippen molar-refractivity contribution in [1.29, 1.82) is 0 Å². The summed E-state index contributed by atoms with van der Waals surface area (Å²) in [5.74, 6) is 1.86. The predicted octanol–water partition coefficient (Wildman–Crippen LogP) is 2.14. The highest BCUT2D eigenvalue weighted by Crippen LogP contribution is 2.25. The average Bonchev–Trinajstić information content (AvgIpc) is 3.23. The first-order valence-corrected chi connectivity index (χ1v) is 8.19. The molecule has 3 rings (SSSR count). The Bertz CT molecular complexity index is 672. The third-order valence-electron chi connectivity index (χ3n) is 3.82. The summed E-state index contributed by atoms with van der Waals surface area (Å²) in [4.78, 5) is 23.2. The van der Waals surface area contributed by atoms with Gasteiger partial charge in [0.25, 0.3) is 0 Å². The Morgan fingerprint density at radius 2 is 2.38 bits per heavy atom. The van der Waals surface area contributed by atoms with Gasteiger partial charge in [0.05, 0.1) is 31.3 Å². The Balaban J connectivity index is 1.67. The van der Waals surface area contributed by atoms with Gasteiger partial charge in [0.2, 0.25) is 11.8 Å². The summed E-state index contributed by atoms with van der Waals surface area (Å²) in [6.07, 6.45) is 6.62. The van der Waals surface area contributed by atoms with Gasteiger partial charge in [-0.2, -0.15) is 4.98 Å². The molecule has 1 saturated heterocycles. The van der Waals surface area contributed by atoms with Gasteiger partial charge in [-0.05, 0) is 38.8 Å². The molecular weight excluding hydrogens is 308 g/mol. The van der Waals surface area contributed by atoms with Crippen LogP contribution in [0.3, 0.4) is 0 Å². The van der Waals surface area contributed by atoms with Crippen LogP contribution in [-0.2, 0) is 11.3 Å². The molecule has 0 radical (unpaired) electrons. The maximum Gasteiger partial charge on any atom is 0.243 e. The highest BCUT2D eigenvalue weighted by atomic mass is 16.5. The number of carbonyl (C=O) groups is 1. The van der Waals surface area contributed by atoms with Gasteiger partial charge in [-0.25, -0.2) is 0 Å². The predicted molar refractivity (Wildman–Crippen MR) is 88.7 cm³/mol. The lowest BCUT2D eigenvalue weighted by Crippen LogP contribution is -2.43. The molecule has 24 heavy (non-hydrogen) atoms. The van der Waals surface area contributed by atoms with Gasteiger partial charge >= 0.3 is 0 Å². The van der Waals surface area contributed by atoms with E-state index in [0.29, 0.717) is 18.2 Å². The fourth-order valence-corrected chi connectivity index (χ4v) is 2.79. The molecule has 128 valence electrons. The molecule has 0 saturated carbocycles. The van der Waals surface area contributed by atoms with E-state index in [4.69, 9.17) is 9.15 Å². The van der Waals surface area contributed by atoms with Gasteiger partial charge in [-0.3, -0.25) is 9.78 Å². The molecule has 0 bridgehead atoms. The second-order valence-corrected chi connectivity index (χ2v) is 6.03. The molecule has 7 nitrogen and oxygen atoms in total. The molecule has 0 aliphatic carbocycles. The van der Waals surface area contributed by atoms with Crippen molar-refractivity contribution in [3.05, 3.63) is 36.5 Å². The van der Waals surface area contributed by atoms with Crippen molar-refractivity contribution in [2.75, 3.05) is 11.4 Å². The van der Waals surface area contributed by atoms with Gasteiger partial charge in [-0.15, -0.1) is 0 Å². The van der Waals surface area contributed by atoms with E-state index in [2.05, 4.69) is 15.3 Å². The maximum absolute atomic E-state index is 12.5. The van der Waals surface area contributed by atoms with Crippen LogP contribution in [-0.4, -0.2) is 34.6 Å². The van der Waals surface area contributed by atoms with Gasteiger partial charge < -0.3 is 19.4 Å². The largest absolute Gasteiger partial charge is 0.474 e. The van der Waals surface area contributed by atoms with Gasteiger partial charge in [-0.1, -0.05) is 0 Å². The summed E-state index contributed by atoms with van der Waals surface area (Å²) in [5.41, 5.74) is 0. The summed E-state index contributed by atoms with van der Waals surface area (Å²) < 4.78 is 10.8. The number of aromatic nitrogens is 2. The van der Waals surface area contributed by atoms with Crippen molar-refractivity contribution in [3.63, 3.8) is 0 Å². The highest BCUT2D eigenvalue weighted by molar-refractivity contribution is 5.85. The fraction of sp³-hybridized carbons (Fsp3) is 0.471. The summed E-state index contributed by atoms with van der Waals surface area (Å²) in [7, 11) is 0. The van der Waals surface area contributed by atoms with E-state index in [1.807, 2.05) is 24.8 Å². The number of nitrogens with one attached hydrogen (secondary N) is 1. The number of carbonyl (C=O) groups excluding carboxylic acids is 1. The molecule has 7 heteroatoms. The first kappa shape index (κ1) is 16.3. The smallest absolute Gasteiger partial charge is 0.243 e. The SMILES string of the molecule is CC(C)Oc1cncc(N2CCCC2C(=O)NCc2ccco2)n1.